The molecule has 12 heavy (non-hydrogen) atoms. The molecule has 0 unspecified atom stereocenters. The molecule has 0 spiro atoms. The topological polar surface area (TPSA) is 26.3 Å². The predicted molar refractivity (Wildman–Crippen MR) is 49.8 cm³/mol. The van der Waals surface area contributed by atoms with E-state index in [0.717, 1.165) is 0 Å². The average Bonchev–Trinajstić information content (AvgIpc) is 2.03. The molecule has 0 heterocycles. The van der Waals surface area contributed by atoms with Crippen molar-refractivity contribution < 1.29 is 9.53 Å². The van der Waals surface area contributed by atoms with Gasteiger partial charge in [-0.2, -0.15) is 0 Å². The maximum atomic E-state index is 10.9. The van der Waals surface area contributed by atoms with Crippen LogP contribution in [0.3, 0.4) is 0 Å². The fourth-order valence-corrected chi connectivity index (χ4v) is 0.542. The van der Waals surface area contributed by atoms with E-state index in [1.807, 2.05) is 39.0 Å². The highest BCUT2D eigenvalue weighted by Gasteiger charge is 2.05. The molecule has 0 radical (unpaired) electrons. The summed E-state index contributed by atoms with van der Waals surface area (Å²) in [5, 5.41) is 0. The Hall–Kier alpha value is -1.05. The van der Waals surface area contributed by atoms with Gasteiger partial charge in [0.1, 0.15) is 6.61 Å². The van der Waals surface area contributed by atoms with Crippen LogP contribution in [0.15, 0.2) is 24.3 Å². The Morgan fingerprint density at radius 2 is 2.08 bits per heavy atom. The van der Waals surface area contributed by atoms with E-state index in [2.05, 4.69) is 0 Å². The predicted octanol–water partition coefficient (Wildman–Crippen LogP) is 2.32. The van der Waals surface area contributed by atoms with Gasteiger partial charge in [0.05, 0.1) is 5.92 Å². The fourth-order valence-electron chi connectivity index (χ4n) is 0.542. The number of hydrogen-bond donors (Lipinski definition) is 0. The number of ether oxygens (including phenoxy) is 1. The van der Waals surface area contributed by atoms with Gasteiger partial charge in [-0.1, -0.05) is 32.1 Å². The highest BCUT2D eigenvalue weighted by atomic mass is 16.5. The van der Waals surface area contributed by atoms with Gasteiger partial charge in [0.15, 0.2) is 0 Å². The van der Waals surface area contributed by atoms with Gasteiger partial charge in [-0.3, -0.25) is 4.79 Å². The maximum Gasteiger partial charge on any atom is 0.308 e. The maximum absolute atomic E-state index is 10.9. The molecule has 2 nitrogen and oxygen atoms in total. The number of carbonyl (C=O) groups excluding carboxylic acids is 1. The van der Waals surface area contributed by atoms with Crippen molar-refractivity contribution >= 4 is 5.97 Å². The van der Waals surface area contributed by atoms with Crippen LogP contribution in [0.25, 0.3) is 0 Å². The van der Waals surface area contributed by atoms with Crippen LogP contribution in [-0.2, 0) is 9.53 Å². The molecule has 0 aromatic rings. The molecule has 0 saturated heterocycles. The number of allylic oxidation sites excluding steroid dienone is 3. The molecule has 0 aliphatic rings. The zero-order chi connectivity index (χ0) is 9.40. The number of esters is 1. The molecule has 0 rings (SSSR count). The number of hydrogen-bond acceptors (Lipinski definition) is 2. The first-order valence-electron chi connectivity index (χ1n) is 4.13. The minimum absolute atomic E-state index is 0.0416. The van der Waals surface area contributed by atoms with Crippen LogP contribution < -0.4 is 0 Å². The third-order valence-electron chi connectivity index (χ3n) is 1.23. The minimum atomic E-state index is -0.153. The lowest BCUT2D eigenvalue weighted by Gasteiger charge is -2.02. The third kappa shape index (κ3) is 5.71. The van der Waals surface area contributed by atoms with Crippen molar-refractivity contribution in [1.29, 1.82) is 0 Å². The van der Waals surface area contributed by atoms with Gasteiger partial charge >= 0.3 is 5.97 Å². The Morgan fingerprint density at radius 1 is 1.42 bits per heavy atom. The average molecular weight is 168 g/mol. The highest BCUT2D eigenvalue weighted by molar-refractivity contribution is 5.71. The molecule has 0 aliphatic carbocycles. The third-order valence-corrected chi connectivity index (χ3v) is 1.23. The van der Waals surface area contributed by atoms with Crippen LogP contribution in [-0.4, -0.2) is 12.6 Å². The van der Waals surface area contributed by atoms with Crippen LogP contribution >= 0.6 is 0 Å². The molecule has 0 aliphatic heterocycles. The van der Waals surface area contributed by atoms with Gasteiger partial charge in [-0.25, -0.2) is 0 Å². The molecular weight excluding hydrogens is 152 g/mol. The van der Waals surface area contributed by atoms with E-state index in [1.54, 1.807) is 6.08 Å². The second kappa shape index (κ2) is 6.65. The Bertz CT molecular complexity index is 178. The summed E-state index contributed by atoms with van der Waals surface area (Å²) in [6, 6.07) is 0. The van der Waals surface area contributed by atoms with Crippen molar-refractivity contribution in [1.82, 2.24) is 0 Å². The summed E-state index contributed by atoms with van der Waals surface area (Å²) in [6.45, 7) is 5.93. The summed E-state index contributed by atoms with van der Waals surface area (Å²) in [4.78, 5) is 10.9. The first-order chi connectivity index (χ1) is 5.68. The Kier molecular flexibility index (Phi) is 6.07. The second-order valence-electron chi connectivity index (χ2n) is 2.74. The van der Waals surface area contributed by atoms with Crippen LogP contribution in [0.5, 0.6) is 0 Å². The van der Waals surface area contributed by atoms with Crippen LogP contribution in [0.4, 0.5) is 0 Å². The molecule has 0 aromatic carbocycles. The van der Waals surface area contributed by atoms with E-state index in [1.165, 1.54) is 0 Å². The summed E-state index contributed by atoms with van der Waals surface area (Å²) >= 11 is 0. The van der Waals surface area contributed by atoms with E-state index in [4.69, 9.17) is 4.74 Å². The van der Waals surface area contributed by atoms with Crippen molar-refractivity contribution in [2.45, 2.75) is 20.8 Å². The lowest BCUT2D eigenvalue weighted by atomic mass is 10.2. The number of rotatable bonds is 4. The van der Waals surface area contributed by atoms with Gasteiger partial charge in [0, 0.05) is 0 Å². The van der Waals surface area contributed by atoms with Gasteiger partial charge in [0.2, 0.25) is 0 Å². The largest absolute Gasteiger partial charge is 0.461 e. The van der Waals surface area contributed by atoms with Crippen molar-refractivity contribution in [3.8, 4) is 0 Å². The summed E-state index contributed by atoms with van der Waals surface area (Å²) < 4.78 is 4.89. The molecular formula is C10H16O2. The van der Waals surface area contributed by atoms with Crippen molar-refractivity contribution in [3.63, 3.8) is 0 Å². The highest BCUT2D eigenvalue weighted by Crippen LogP contribution is 1.95. The fraction of sp³-hybridized carbons (Fsp3) is 0.500. The smallest absolute Gasteiger partial charge is 0.308 e. The second-order valence-corrected chi connectivity index (χ2v) is 2.74. The molecule has 0 amide bonds. The molecule has 0 aromatic heterocycles. The summed E-state index contributed by atoms with van der Waals surface area (Å²) in [5.41, 5.74) is 0. The Labute approximate surface area is 73.9 Å². The lowest BCUT2D eigenvalue weighted by Crippen LogP contribution is -2.11. The SMILES string of the molecule is C/C=C\C=C\COC(=O)C(C)C. The number of carbonyl (C=O) groups is 1. The normalized spacial score (nSPS) is 11.7. The Morgan fingerprint density at radius 3 is 2.58 bits per heavy atom. The van der Waals surface area contributed by atoms with E-state index in [9.17, 15) is 4.79 Å². The van der Waals surface area contributed by atoms with Crippen molar-refractivity contribution in [3.05, 3.63) is 24.3 Å². The first kappa shape index (κ1) is 11.0. The van der Waals surface area contributed by atoms with E-state index in [-0.39, 0.29) is 11.9 Å². The molecule has 0 fully saturated rings. The molecule has 0 bridgehead atoms. The van der Waals surface area contributed by atoms with E-state index < -0.39 is 0 Å². The molecule has 68 valence electrons. The summed E-state index contributed by atoms with van der Waals surface area (Å²) in [5.74, 6) is -0.194. The molecule has 0 N–H and O–H groups in total. The quantitative estimate of drug-likeness (QED) is 0.475. The van der Waals surface area contributed by atoms with Crippen LogP contribution in [0.1, 0.15) is 20.8 Å². The van der Waals surface area contributed by atoms with Crippen molar-refractivity contribution in [2.75, 3.05) is 6.61 Å². The molecule has 0 atom stereocenters. The standard InChI is InChI=1S/C10H16O2/c1-4-5-6-7-8-12-10(11)9(2)3/h4-7,9H,8H2,1-3H3/b5-4-,7-6+. The zero-order valence-corrected chi connectivity index (χ0v) is 7.91. The molecule has 0 saturated carbocycles. The lowest BCUT2D eigenvalue weighted by molar-refractivity contribution is -0.146. The zero-order valence-electron chi connectivity index (χ0n) is 7.91. The van der Waals surface area contributed by atoms with Crippen LogP contribution in [0.2, 0.25) is 0 Å². The molecule has 2 heteroatoms. The van der Waals surface area contributed by atoms with Gasteiger partial charge < -0.3 is 4.74 Å². The minimum Gasteiger partial charge on any atom is -0.461 e. The Balaban J connectivity index is 3.50. The first-order valence-corrected chi connectivity index (χ1v) is 4.13. The summed E-state index contributed by atoms with van der Waals surface area (Å²) in [6.07, 6.45) is 7.47. The van der Waals surface area contributed by atoms with Gasteiger partial charge in [-0.05, 0) is 13.0 Å². The summed E-state index contributed by atoms with van der Waals surface area (Å²) in [7, 11) is 0. The van der Waals surface area contributed by atoms with E-state index >= 15 is 0 Å². The van der Waals surface area contributed by atoms with E-state index in [0.29, 0.717) is 6.61 Å². The van der Waals surface area contributed by atoms with Gasteiger partial charge in [0.25, 0.3) is 0 Å². The van der Waals surface area contributed by atoms with Crippen molar-refractivity contribution in [2.24, 2.45) is 5.92 Å². The van der Waals surface area contributed by atoms with Crippen LogP contribution in [0, 0.1) is 5.92 Å². The monoisotopic (exact) mass is 168 g/mol. The van der Waals surface area contributed by atoms with Gasteiger partial charge in [-0.15, -0.1) is 0 Å².